The average molecular weight is 255 g/mol. The molecule has 3 aromatic heterocycles. The lowest BCUT2D eigenvalue weighted by molar-refractivity contribution is 0.122. The van der Waals surface area contributed by atoms with Gasteiger partial charge in [-0.3, -0.25) is 0 Å². The molecule has 0 bridgehead atoms. The van der Waals surface area contributed by atoms with Gasteiger partial charge in [0.25, 0.3) is 0 Å². The summed E-state index contributed by atoms with van der Waals surface area (Å²) in [4.78, 5) is 9.76. The van der Waals surface area contributed by atoms with Crippen molar-refractivity contribution in [3.63, 3.8) is 0 Å². The van der Waals surface area contributed by atoms with Crippen LogP contribution in [0.25, 0.3) is 21.8 Å². The third kappa shape index (κ3) is 1.64. The van der Waals surface area contributed by atoms with Gasteiger partial charge in [0.2, 0.25) is 0 Å². The summed E-state index contributed by atoms with van der Waals surface area (Å²) >= 11 is 0. The summed E-state index contributed by atoms with van der Waals surface area (Å²) in [5.41, 5.74) is 0.884. The molecule has 0 radical (unpaired) electrons. The monoisotopic (exact) mass is 255 g/mol. The van der Waals surface area contributed by atoms with Gasteiger partial charge in [0.15, 0.2) is 5.82 Å². The Labute approximate surface area is 109 Å². The van der Waals surface area contributed by atoms with Crippen molar-refractivity contribution in [2.45, 2.75) is 0 Å². The number of ether oxygens (including phenoxy) is 1. The maximum atomic E-state index is 5.40. The Morgan fingerprint density at radius 1 is 1.21 bits per heavy atom. The van der Waals surface area contributed by atoms with E-state index in [0.717, 1.165) is 53.9 Å². The fourth-order valence-electron chi connectivity index (χ4n) is 2.56. The normalized spacial score (nSPS) is 16.3. The molecule has 0 aromatic carbocycles. The molecule has 1 N–H and O–H groups in total. The second-order valence-corrected chi connectivity index (χ2v) is 4.60. The second kappa shape index (κ2) is 4.17. The van der Waals surface area contributed by atoms with Crippen molar-refractivity contribution in [2.24, 2.45) is 0 Å². The van der Waals surface area contributed by atoms with Gasteiger partial charge in [-0.2, -0.15) is 5.10 Å². The lowest BCUT2D eigenvalue weighted by atomic mass is 10.1. The molecule has 6 nitrogen and oxygen atoms in total. The van der Waals surface area contributed by atoms with Gasteiger partial charge in [0.1, 0.15) is 5.65 Å². The first-order valence-corrected chi connectivity index (χ1v) is 6.34. The summed E-state index contributed by atoms with van der Waals surface area (Å²) in [6.45, 7) is 3.17. The van der Waals surface area contributed by atoms with Crippen LogP contribution in [0.1, 0.15) is 0 Å². The van der Waals surface area contributed by atoms with E-state index < -0.39 is 0 Å². The zero-order valence-corrected chi connectivity index (χ0v) is 10.3. The minimum absolute atomic E-state index is 0.736. The van der Waals surface area contributed by atoms with E-state index in [2.05, 4.69) is 25.1 Å². The standard InChI is InChI=1S/C13H13N5O/c1-2-14-12-10(1)11-9(7-15-12)8-16-17-13(11)18-3-5-19-6-4-18/h1-2,7-8H,3-6H2,(H,14,15). The van der Waals surface area contributed by atoms with Gasteiger partial charge in [-0.05, 0) is 6.07 Å². The summed E-state index contributed by atoms with van der Waals surface area (Å²) in [6.07, 6.45) is 5.51. The maximum Gasteiger partial charge on any atom is 0.160 e. The Balaban J connectivity index is 2.00. The quantitative estimate of drug-likeness (QED) is 0.710. The fraction of sp³-hybridized carbons (Fsp3) is 0.308. The highest BCUT2D eigenvalue weighted by molar-refractivity contribution is 6.09. The molecule has 3 aromatic rings. The van der Waals surface area contributed by atoms with Crippen molar-refractivity contribution in [2.75, 3.05) is 31.2 Å². The van der Waals surface area contributed by atoms with E-state index in [9.17, 15) is 0 Å². The van der Waals surface area contributed by atoms with Gasteiger partial charge in [0.05, 0.1) is 19.4 Å². The molecule has 0 spiro atoms. The molecule has 0 aliphatic carbocycles. The predicted molar refractivity (Wildman–Crippen MR) is 72.2 cm³/mol. The van der Waals surface area contributed by atoms with Gasteiger partial charge in [-0.25, -0.2) is 4.98 Å². The zero-order chi connectivity index (χ0) is 12.7. The van der Waals surface area contributed by atoms with Crippen molar-refractivity contribution >= 4 is 27.6 Å². The second-order valence-electron chi connectivity index (χ2n) is 4.60. The van der Waals surface area contributed by atoms with Crippen LogP contribution in [-0.2, 0) is 4.74 Å². The van der Waals surface area contributed by atoms with Crippen LogP contribution in [0.3, 0.4) is 0 Å². The molecule has 1 aliphatic rings. The van der Waals surface area contributed by atoms with E-state index in [1.807, 2.05) is 18.5 Å². The van der Waals surface area contributed by atoms with Crippen molar-refractivity contribution < 1.29 is 4.74 Å². The van der Waals surface area contributed by atoms with Crippen molar-refractivity contribution in [1.29, 1.82) is 0 Å². The van der Waals surface area contributed by atoms with Crippen LogP contribution >= 0.6 is 0 Å². The highest BCUT2D eigenvalue weighted by Crippen LogP contribution is 2.29. The van der Waals surface area contributed by atoms with Crippen LogP contribution in [0.15, 0.2) is 24.7 Å². The van der Waals surface area contributed by atoms with Gasteiger partial charge in [-0.15, -0.1) is 5.10 Å². The first-order valence-electron chi connectivity index (χ1n) is 6.34. The van der Waals surface area contributed by atoms with Crippen LogP contribution in [0.5, 0.6) is 0 Å². The summed E-state index contributed by atoms with van der Waals surface area (Å²) < 4.78 is 5.40. The smallest absolute Gasteiger partial charge is 0.160 e. The van der Waals surface area contributed by atoms with Crippen molar-refractivity contribution in [3.05, 3.63) is 24.7 Å². The van der Waals surface area contributed by atoms with Crippen molar-refractivity contribution in [1.82, 2.24) is 20.2 Å². The van der Waals surface area contributed by atoms with E-state index in [1.165, 1.54) is 0 Å². The predicted octanol–water partition coefficient (Wildman–Crippen LogP) is 1.34. The summed E-state index contributed by atoms with van der Waals surface area (Å²) in [7, 11) is 0. The molecule has 1 fully saturated rings. The fourth-order valence-corrected chi connectivity index (χ4v) is 2.56. The molecule has 19 heavy (non-hydrogen) atoms. The number of rotatable bonds is 1. The SMILES string of the molecule is c1cc2c(ncc3cnnc(N4CCOCC4)c32)[nH]1. The molecule has 6 heteroatoms. The Morgan fingerprint density at radius 2 is 2.11 bits per heavy atom. The Bertz CT molecular complexity index is 732. The average Bonchev–Trinajstić information content (AvgIpc) is 2.96. The topological polar surface area (TPSA) is 66.9 Å². The first-order chi connectivity index (χ1) is 9.43. The van der Waals surface area contributed by atoms with Gasteiger partial charge < -0.3 is 14.6 Å². The third-order valence-corrected chi connectivity index (χ3v) is 3.50. The molecule has 0 saturated carbocycles. The Kier molecular flexibility index (Phi) is 2.34. The van der Waals surface area contributed by atoms with E-state index in [-0.39, 0.29) is 0 Å². The molecular formula is C13H13N5O. The van der Waals surface area contributed by atoms with Crippen LogP contribution < -0.4 is 4.90 Å². The lowest BCUT2D eigenvalue weighted by Crippen LogP contribution is -2.37. The molecule has 0 atom stereocenters. The zero-order valence-electron chi connectivity index (χ0n) is 10.3. The first kappa shape index (κ1) is 10.7. The van der Waals surface area contributed by atoms with Gasteiger partial charge in [0, 0.05) is 41.6 Å². The summed E-state index contributed by atoms with van der Waals surface area (Å²) in [5, 5.41) is 11.7. The third-order valence-electron chi connectivity index (χ3n) is 3.50. The molecule has 4 heterocycles. The van der Waals surface area contributed by atoms with E-state index in [4.69, 9.17) is 4.74 Å². The molecule has 1 aliphatic heterocycles. The van der Waals surface area contributed by atoms with Crippen LogP contribution in [0.4, 0.5) is 5.82 Å². The highest BCUT2D eigenvalue weighted by Gasteiger charge is 2.17. The number of anilines is 1. The number of fused-ring (bicyclic) bond motifs is 3. The molecule has 1 saturated heterocycles. The number of aromatic nitrogens is 4. The minimum Gasteiger partial charge on any atom is -0.378 e. The number of hydrogen-bond donors (Lipinski definition) is 1. The number of H-pyrrole nitrogens is 1. The number of pyridine rings is 1. The molecule has 4 rings (SSSR count). The summed E-state index contributed by atoms with van der Waals surface area (Å²) in [5.74, 6) is 0.924. The Morgan fingerprint density at radius 3 is 3.00 bits per heavy atom. The van der Waals surface area contributed by atoms with Crippen LogP contribution in [0, 0.1) is 0 Å². The number of aromatic amines is 1. The molecule has 0 unspecified atom stereocenters. The van der Waals surface area contributed by atoms with Crippen LogP contribution in [-0.4, -0.2) is 46.5 Å². The minimum atomic E-state index is 0.736. The number of nitrogens with zero attached hydrogens (tertiary/aromatic N) is 4. The van der Waals surface area contributed by atoms with Crippen molar-refractivity contribution in [3.8, 4) is 0 Å². The van der Waals surface area contributed by atoms with E-state index in [0.29, 0.717) is 0 Å². The summed E-state index contributed by atoms with van der Waals surface area (Å²) in [6, 6.07) is 2.04. The van der Waals surface area contributed by atoms with E-state index >= 15 is 0 Å². The molecule has 0 amide bonds. The van der Waals surface area contributed by atoms with Gasteiger partial charge in [-0.1, -0.05) is 0 Å². The number of hydrogen-bond acceptors (Lipinski definition) is 5. The number of morpholine rings is 1. The van der Waals surface area contributed by atoms with Gasteiger partial charge >= 0.3 is 0 Å². The largest absolute Gasteiger partial charge is 0.378 e. The molecular weight excluding hydrogens is 242 g/mol. The Hall–Kier alpha value is -2.21. The van der Waals surface area contributed by atoms with E-state index in [1.54, 1.807) is 6.20 Å². The molecule has 96 valence electrons. The maximum absolute atomic E-state index is 5.40. The highest BCUT2D eigenvalue weighted by atomic mass is 16.5. The lowest BCUT2D eigenvalue weighted by Gasteiger charge is -2.28. The van der Waals surface area contributed by atoms with Crippen LogP contribution in [0.2, 0.25) is 0 Å². The number of nitrogens with one attached hydrogen (secondary N) is 1.